The van der Waals surface area contributed by atoms with E-state index in [1.165, 1.54) is 0 Å². The number of thioether (sulfide) groups is 1. The predicted molar refractivity (Wildman–Crippen MR) is 67.4 cm³/mol. The molecule has 0 saturated heterocycles. The molecule has 1 heterocycles. The zero-order valence-electron chi connectivity index (χ0n) is 9.66. The molecule has 0 amide bonds. The van der Waals surface area contributed by atoms with Crippen molar-refractivity contribution in [3.05, 3.63) is 12.1 Å². The number of hydrogen-bond acceptors (Lipinski definition) is 4. The van der Waals surface area contributed by atoms with Crippen molar-refractivity contribution in [2.45, 2.75) is 18.7 Å². The maximum absolute atomic E-state index is 5.97. The average Bonchev–Trinajstić information content (AvgIpc) is 2.26. The summed E-state index contributed by atoms with van der Waals surface area (Å²) in [4.78, 5) is 1.08. The van der Waals surface area contributed by atoms with Crippen molar-refractivity contribution >= 4 is 17.4 Å². The van der Waals surface area contributed by atoms with Gasteiger partial charge < -0.3 is 15.2 Å². The number of ether oxygens (including phenoxy) is 2. The fourth-order valence-electron chi connectivity index (χ4n) is 1.47. The molecular weight excluding hydrogens is 222 g/mol. The molecule has 0 atom stereocenters. The van der Waals surface area contributed by atoms with E-state index in [9.17, 15) is 0 Å². The van der Waals surface area contributed by atoms with Gasteiger partial charge in [0.1, 0.15) is 13.2 Å². The largest absolute Gasteiger partial charge is 0.486 e. The van der Waals surface area contributed by atoms with Crippen molar-refractivity contribution in [1.82, 2.24) is 0 Å². The Morgan fingerprint density at radius 2 is 1.88 bits per heavy atom. The van der Waals surface area contributed by atoms with Gasteiger partial charge in [0.25, 0.3) is 0 Å². The summed E-state index contributed by atoms with van der Waals surface area (Å²) < 4.78 is 11.0. The second-order valence-corrected chi connectivity index (χ2v) is 5.30. The summed E-state index contributed by atoms with van der Waals surface area (Å²) in [7, 11) is 0. The van der Waals surface area contributed by atoms with Crippen LogP contribution in [0.1, 0.15) is 13.8 Å². The summed E-state index contributed by atoms with van der Waals surface area (Å²) in [6.45, 7) is 5.61. The van der Waals surface area contributed by atoms with Crippen molar-refractivity contribution in [3.8, 4) is 11.5 Å². The molecule has 3 nitrogen and oxygen atoms in total. The van der Waals surface area contributed by atoms with Gasteiger partial charge in [-0.05, 0) is 12.0 Å². The first-order chi connectivity index (χ1) is 7.66. The SMILES string of the molecule is CC(C)CSc1cc2c(cc1N)OCCO2. The van der Waals surface area contributed by atoms with Gasteiger partial charge in [0.15, 0.2) is 11.5 Å². The van der Waals surface area contributed by atoms with E-state index in [0.717, 1.165) is 27.8 Å². The van der Waals surface area contributed by atoms with E-state index in [0.29, 0.717) is 19.1 Å². The lowest BCUT2D eigenvalue weighted by Gasteiger charge is -2.20. The van der Waals surface area contributed by atoms with Crippen molar-refractivity contribution in [2.24, 2.45) is 5.92 Å². The van der Waals surface area contributed by atoms with Gasteiger partial charge in [-0.1, -0.05) is 13.8 Å². The van der Waals surface area contributed by atoms with E-state index in [1.807, 2.05) is 12.1 Å². The Kier molecular flexibility index (Phi) is 3.49. The zero-order valence-corrected chi connectivity index (χ0v) is 10.5. The highest BCUT2D eigenvalue weighted by Crippen LogP contribution is 2.38. The molecule has 1 aromatic carbocycles. The molecule has 2 N–H and O–H groups in total. The van der Waals surface area contributed by atoms with Crippen LogP contribution in [0.3, 0.4) is 0 Å². The Bertz CT molecular complexity index is 380. The number of fused-ring (bicyclic) bond motifs is 1. The summed E-state index contributed by atoms with van der Waals surface area (Å²) in [5.41, 5.74) is 6.75. The number of nitrogens with two attached hydrogens (primary N) is 1. The fourth-order valence-corrected chi connectivity index (χ4v) is 2.40. The number of benzene rings is 1. The molecule has 0 unspecified atom stereocenters. The molecular formula is C12H17NO2S. The Hall–Kier alpha value is -1.03. The first-order valence-corrected chi connectivity index (χ1v) is 6.47. The first kappa shape index (κ1) is 11.5. The van der Waals surface area contributed by atoms with Crippen LogP contribution in [0, 0.1) is 5.92 Å². The summed E-state index contributed by atoms with van der Waals surface area (Å²) in [6, 6.07) is 3.84. The van der Waals surface area contributed by atoms with Crippen LogP contribution in [0.5, 0.6) is 11.5 Å². The molecule has 0 saturated carbocycles. The molecule has 0 bridgehead atoms. The van der Waals surface area contributed by atoms with E-state index in [4.69, 9.17) is 15.2 Å². The lowest BCUT2D eigenvalue weighted by atomic mass is 10.2. The number of hydrogen-bond donors (Lipinski definition) is 1. The maximum Gasteiger partial charge on any atom is 0.163 e. The molecule has 0 aliphatic carbocycles. The smallest absolute Gasteiger partial charge is 0.163 e. The Balaban J connectivity index is 2.18. The lowest BCUT2D eigenvalue weighted by Crippen LogP contribution is -2.15. The molecule has 4 heteroatoms. The fraction of sp³-hybridized carbons (Fsp3) is 0.500. The highest BCUT2D eigenvalue weighted by molar-refractivity contribution is 7.99. The van der Waals surface area contributed by atoms with Crippen LogP contribution < -0.4 is 15.2 Å². The Labute approximate surface area is 100 Å². The summed E-state index contributed by atoms with van der Waals surface area (Å²) in [5.74, 6) is 3.28. The third-order valence-electron chi connectivity index (χ3n) is 2.25. The summed E-state index contributed by atoms with van der Waals surface area (Å²) in [6.07, 6.45) is 0. The molecule has 0 fully saturated rings. The van der Waals surface area contributed by atoms with Gasteiger partial charge in [0.2, 0.25) is 0 Å². The van der Waals surface area contributed by atoms with Gasteiger partial charge in [-0.25, -0.2) is 0 Å². The molecule has 1 aliphatic rings. The van der Waals surface area contributed by atoms with Gasteiger partial charge >= 0.3 is 0 Å². The second kappa shape index (κ2) is 4.87. The van der Waals surface area contributed by atoms with Crippen LogP contribution >= 0.6 is 11.8 Å². The van der Waals surface area contributed by atoms with Gasteiger partial charge in [-0.15, -0.1) is 11.8 Å². The van der Waals surface area contributed by atoms with E-state index in [1.54, 1.807) is 11.8 Å². The molecule has 0 spiro atoms. The molecule has 0 aromatic heterocycles. The maximum atomic E-state index is 5.97. The number of rotatable bonds is 3. The van der Waals surface area contributed by atoms with Gasteiger partial charge in [-0.2, -0.15) is 0 Å². The van der Waals surface area contributed by atoms with Crippen LogP contribution in [0.2, 0.25) is 0 Å². The highest BCUT2D eigenvalue weighted by atomic mass is 32.2. The van der Waals surface area contributed by atoms with E-state index in [-0.39, 0.29) is 0 Å². The monoisotopic (exact) mass is 239 g/mol. The van der Waals surface area contributed by atoms with Gasteiger partial charge in [0, 0.05) is 22.4 Å². The number of anilines is 1. The minimum absolute atomic E-state index is 0.602. The number of nitrogen functional groups attached to an aromatic ring is 1. The van der Waals surface area contributed by atoms with Crippen LogP contribution in [0.4, 0.5) is 5.69 Å². The van der Waals surface area contributed by atoms with E-state index in [2.05, 4.69) is 13.8 Å². The first-order valence-electron chi connectivity index (χ1n) is 5.48. The molecule has 1 aliphatic heterocycles. The third kappa shape index (κ3) is 2.55. The molecule has 16 heavy (non-hydrogen) atoms. The van der Waals surface area contributed by atoms with E-state index < -0.39 is 0 Å². The summed E-state index contributed by atoms with van der Waals surface area (Å²) >= 11 is 1.77. The normalized spacial score (nSPS) is 14.2. The summed E-state index contributed by atoms with van der Waals surface area (Å²) in [5, 5.41) is 0. The quantitative estimate of drug-likeness (QED) is 0.650. The highest BCUT2D eigenvalue weighted by Gasteiger charge is 2.14. The standard InChI is InChI=1S/C12H17NO2S/c1-8(2)7-16-12-6-11-10(5-9(12)13)14-3-4-15-11/h5-6,8H,3-4,7,13H2,1-2H3. The molecule has 0 radical (unpaired) electrons. The topological polar surface area (TPSA) is 44.5 Å². The second-order valence-electron chi connectivity index (χ2n) is 4.24. The Morgan fingerprint density at radius 3 is 2.50 bits per heavy atom. The molecule has 2 rings (SSSR count). The van der Waals surface area contributed by atoms with Crippen molar-refractivity contribution in [2.75, 3.05) is 24.7 Å². The van der Waals surface area contributed by atoms with Crippen molar-refractivity contribution in [3.63, 3.8) is 0 Å². The van der Waals surface area contributed by atoms with Gasteiger partial charge in [0.05, 0.1) is 0 Å². The van der Waals surface area contributed by atoms with E-state index >= 15 is 0 Å². The zero-order chi connectivity index (χ0) is 11.5. The van der Waals surface area contributed by atoms with Crippen LogP contribution in [-0.2, 0) is 0 Å². The lowest BCUT2D eigenvalue weighted by molar-refractivity contribution is 0.171. The molecule has 88 valence electrons. The Morgan fingerprint density at radius 1 is 1.25 bits per heavy atom. The minimum Gasteiger partial charge on any atom is -0.486 e. The van der Waals surface area contributed by atoms with Crippen molar-refractivity contribution < 1.29 is 9.47 Å². The minimum atomic E-state index is 0.602. The van der Waals surface area contributed by atoms with Crippen molar-refractivity contribution in [1.29, 1.82) is 0 Å². The molecule has 1 aromatic rings. The third-order valence-corrected chi connectivity index (χ3v) is 3.74. The predicted octanol–water partition coefficient (Wildman–Crippen LogP) is 2.79. The van der Waals surface area contributed by atoms with Crippen LogP contribution in [-0.4, -0.2) is 19.0 Å². The van der Waals surface area contributed by atoms with Crippen LogP contribution in [0.25, 0.3) is 0 Å². The average molecular weight is 239 g/mol. The van der Waals surface area contributed by atoms with Crippen LogP contribution in [0.15, 0.2) is 17.0 Å². The van der Waals surface area contributed by atoms with Gasteiger partial charge in [-0.3, -0.25) is 0 Å².